The summed E-state index contributed by atoms with van der Waals surface area (Å²) in [6.45, 7) is 1.68. The van der Waals surface area contributed by atoms with E-state index in [4.69, 9.17) is 13.7 Å². The first kappa shape index (κ1) is 19.7. The molecule has 2 aromatic carbocycles. The van der Waals surface area contributed by atoms with Crippen LogP contribution in [0.25, 0.3) is 11.0 Å². The maximum atomic E-state index is 13.6. The molecule has 160 valence electrons. The number of amides is 1. The van der Waals surface area contributed by atoms with Crippen LogP contribution in [0.5, 0.6) is 5.75 Å². The van der Waals surface area contributed by atoms with Crippen molar-refractivity contribution >= 4 is 34.3 Å². The molecule has 8 nitrogen and oxygen atoms in total. The molecule has 32 heavy (non-hydrogen) atoms. The van der Waals surface area contributed by atoms with Crippen LogP contribution in [0.2, 0.25) is 0 Å². The normalized spacial score (nSPS) is 18.5. The van der Waals surface area contributed by atoms with Gasteiger partial charge in [0, 0.05) is 11.5 Å². The maximum absolute atomic E-state index is 13.6. The third-order valence-corrected chi connectivity index (χ3v) is 5.56. The van der Waals surface area contributed by atoms with E-state index in [-0.39, 0.29) is 11.6 Å². The summed E-state index contributed by atoms with van der Waals surface area (Å²) in [6.07, 6.45) is 0. The Labute approximate surface area is 182 Å². The average Bonchev–Trinajstić information content (AvgIpc) is 3.50. The lowest BCUT2D eigenvalue weighted by Gasteiger charge is -2.24. The largest absolute Gasteiger partial charge is 0.493 e. The second-order valence-electron chi connectivity index (χ2n) is 7.52. The molecule has 1 saturated heterocycles. The smallest absolute Gasteiger partial charge is 0.297 e. The average molecular weight is 430 g/mol. The topological polar surface area (TPSA) is 103 Å². The zero-order valence-corrected chi connectivity index (χ0v) is 17.3. The molecule has 0 spiro atoms. The van der Waals surface area contributed by atoms with Crippen LogP contribution in [0.4, 0.5) is 5.82 Å². The van der Waals surface area contributed by atoms with Gasteiger partial charge in [0.1, 0.15) is 11.7 Å². The molecule has 2 atom stereocenters. The lowest BCUT2D eigenvalue weighted by molar-refractivity contribution is -0.135. The number of methoxy groups -OCH3 is 1. The standard InChI is InChI=1S/C24H18N2O6/c1-13-11-18(25-32-13)26-20(14-7-4-3-5-8-14)19(22(28)24(26)29)21(27)17-12-15-9-6-10-16(30-2)23(15)31-17/h3-12,19-20H,1-2H3. The van der Waals surface area contributed by atoms with E-state index in [0.717, 1.165) is 0 Å². The van der Waals surface area contributed by atoms with Gasteiger partial charge in [-0.25, -0.2) is 0 Å². The van der Waals surface area contributed by atoms with E-state index in [1.807, 2.05) is 6.07 Å². The minimum Gasteiger partial charge on any atom is -0.493 e. The van der Waals surface area contributed by atoms with E-state index in [1.165, 1.54) is 12.0 Å². The molecule has 2 aromatic heterocycles. The number of anilines is 1. The number of aryl methyl sites for hydroxylation is 1. The Kier molecular flexibility index (Phi) is 4.62. The van der Waals surface area contributed by atoms with Gasteiger partial charge in [-0.15, -0.1) is 0 Å². The van der Waals surface area contributed by atoms with Gasteiger partial charge in [-0.3, -0.25) is 19.3 Å². The highest BCUT2D eigenvalue weighted by Gasteiger charge is 2.53. The van der Waals surface area contributed by atoms with Crippen LogP contribution in [0.3, 0.4) is 0 Å². The third-order valence-electron chi connectivity index (χ3n) is 5.56. The van der Waals surface area contributed by atoms with Crippen molar-refractivity contribution < 1.29 is 28.1 Å². The number of fused-ring (bicyclic) bond motifs is 1. The Morgan fingerprint density at radius 2 is 1.84 bits per heavy atom. The Balaban J connectivity index is 1.63. The zero-order valence-electron chi connectivity index (χ0n) is 17.3. The van der Waals surface area contributed by atoms with Crippen LogP contribution in [0.1, 0.15) is 27.9 Å². The molecule has 0 radical (unpaired) electrons. The molecular weight excluding hydrogens is 412 g/mol. The molecule has 0 N–H and O–H groups in total. The third kappa shape index (κ3) is 2.99. The van der Waals surface area contributed by atoms with Gasteiger partial charge < -0.3 is 13.7 Å². The fourth-order valence-electron chi connectivity index (χ4n) is 4.11. The summed E-state index contributed by atoms with van der Waals surface area (Å²) in [5.41, 5.74) is 1.02. The van der Waals surface area contributed by atoms with Crippen LogP contribution in [-0.2, 0) is 9.59 Å². The molecule has 1 fully saturated rings. The van der Waals surface area contributed by atoms with Crippen molar-refractivity contribution in [1.82, 2.24) is 5.16 Å². The highest BCUT2D eigenvalue weighted by atomic mass is 16.5. The van der Waals surface area contributed by atoms with E-state index in [1.54, 1.807) is 61.5 Å². The summed E-state index contributed by atoms with van der Waals surface area (Å²) in [6, 6.07) is 16.4. The molecule has 8 heteroatoms. The van der Waals surface area contributed by atoms with Crippen molar-refractivity contribution in [1.29, 1.82) is 0 Å². The number of hydrogen-bond donors (Lipinski definition) is 0. The molecule has 4 aromatic rings. The molecule has 0 bridgehead atoms. The molecule has 1 aliphatic heterocycles. The minimum absolute atomic E-state index is 0.0187. The number of furan rings is 1. The molecule has 2 unspecified atom stereocenters. The van der Waals surface area contributed by atoms with Crippen molar-refractivity contribution in [2.75, 3.05) is 12.0 Å². The van der Waals surface area contributed by atoms with Crippen LogP contribution in [-0.4, -0.2) is 29.7 Å². The number of carbonyl (C=O) groups is 3. The second-order valence-corrected chi connectivity index (χ2v) is 7.52. The highest BCUT2D eigenvalue weighted by molar-refractivity contribution is 6.48. The van der Waals surface area contributed by atoms with Gasteiger partial charge in [0.2, 0.25) is 11.6 Å². The van der Waals surface area contributed by atoms with E-state index < -0.39 is 29.4 Å². The number of Topliss-reactive ketones (excluding diaryl/α,β-unsaturated/α-hetero) is 2. The van der Waals surface area contributed by atoms with Crippen molar-refractivity contribution in [3.05, 3.63) is 77.7 Å². The van der Waals surface area contributed by atoms with Gasteiger partial charge in [0.05, 0.1) is 13.2 Å². The molecule has 0 saturated carbocycles. The van der Waals surface area contributed by atoms with E-state index in [9.17, 15) is 14.4 Å². The number of hydrogen-bond acceptors (Lipinski definition) is 7. The Bertz CT molecular complexity index is 1350. The first-order valence-corrected chi connectivity index (χ1v) is 9.96. The molecule has 3 heterocycles. The molecule has 0 aliphatic carbocycles. The number of carbonyl (C=O) groups excluding carboxylic acids is 3. The first-order valence-electron chi connectivity index (χ1n) is 9.96. The van der Waals surface area contributed by atoms with Gasteiger partial charge in [-0.1, -0.05) is 47.6 Å². The van der Waals surface area contributed by atoms with Crippen molar-refractivity contribution in [2.45, 2.75) is 13.0 Å². The lowest BCUT2D eigenvalue weighted by atomic mass is 9.88. The Morgan fingerprint density at radius 3 is 2.53 bits per heavy atom. The van der Waals surface area contributed by atoms with Gasteiger partial charge in [0.25, 0.3) is 5.91 Å². The van der Waals surface area contributed by atoms with Crippen molar-refractivity contribution in [3.63, 3.8) is 0 Å². The maximum Gasteiger partial charge on any atom is 0.297 e. The fourth-order valence-corrected chi connectivity index (χ4v) is 4.11. The van der Waals surface area contributed by atoms with Gasteiger partial charge in [-0.2, -0.15) is 0 Å². The summed E-state index contributed by atoms with van der Waals surface area (Å²) in [5.74, 6) is -2.42. The van der Waals surface area contributed by atoms with Crippen LogP contribution in [0.15, 0.2) is 69.6 Å². The Hall–Kier alpha value is -4.20. The number of ketones is 2. The van der Waals surface area contributed by atoms with Gasteiger partial charge >= 0.3 is 0 Å². The number of benzene rings is 2. The summed E-state index contributed by atoms with van der Waals surface area (Å²) >= 11 is 0. The first-order chi connectivity index (χ1) is 15.5. The van der Waals surface area contributed by atoms with Crippen molar-refractivity contribution in [3.8, 4) is 5.75 Å². The van der Waals surface area contributed by atoms with Crippen molar-refractivity contribution in [2.24, 2.45) is 5.92 Å². The molecular formula is C24H18N2O6. The predicted molar refractivity (Wildman–Crippen MR) is 114 cm³/mol. The number of para-hydroxylation sites is 1. The SMILES string of the molecule is COc1cccc2cc(C(=O)C3C(=O)C(=O)N(c4cc(C)on4)C3c3ccccc3)oc12. The lowest BCUT2D eigenvalue weighted by Crippen LogP contribution is -2.30. The minimum atomic E-state index is -1.30. The number of aromatic nitrogens is 1. The van der Waals surface area contributed by atoms with Crippen LogP contribution >= 0.6 is 0 Å². The van der Waals surface area contributed by atoms with Gasteiger partial charge in [-0.05, 0) is 24.6 Å². The quantitative estimate of drug-likeness (QED) is 0.269. The zero-order chi connectivity index (χ0) is 22.4. The summed E-state index contributed by atoms with van der Waals surface area (Å²) in [4.78, 5) is 40.9. The number of ether oxygens (including phenoxy) is 1. The molecule has 5 rings (SSSR count). The monoisotopic (exact) mass is 430 g/mol. The predicted octanol–water partition coefficient (Wildman–Crippen LogP) is 3.89. The van der Waals surface area contributed by atoms with E-state index in [2.05, 4.69) is 5.16 Å². The Morgan fingerprint density at radius 1 is 1.06 bits per heavy atom. The molecule has 1 amide bonds. The second kappa shape index (κ2) is 7.49. The molecule has 1 aliphatic rings. The summed E-state index contributed by atoms with van der Waals surface area (Å²) in [7, 11) is 1.50. The van der Waals surface area contributed by atoms with Gasteiger partial charge in [0.15, 0.2) is 22.9 Å². The highest BCUT2D eigenvalue weighted by Crippen LogP contribution is 2.41. The summed E-state index contributed by atoms with van der Waals surface area (Å²) < 4.78 is 16.2. The van der Waals surface area contributed by atoms with Crippen LogP contribution < -0.4 is 9.64 Å². The van der Waals surface area contributed by atoms with E-state index >= 15 is 0 Å². The number of nitrogens with zero attached hydrogens (tertiary/aromatic N) is 2. The summed E-state index contributed by atoms with van der Waals surface area (Å²) in [5, 5.41) is 4.57. The fraction of sp³-hybridized carbons (Fsp3) is 0.167. The van der Waals surface area contributed by atoms with E-state index in [0.29, 0.717) is 28.0 Å². The number of rotatable bonds is 5. The van der Waals surface area contributed by atoms with Crippen LogP contribution in [0, 0.1) is 12.8 Å².